The summed E-state index contributed by atoms with van der Waals surface area (Å²) in [5.41, 5.74) is 0.682. The topological polar surface area (TPSA) is 66.5 Å². The van der Waals surface area contributed by atoms with Crippen LogP contribution in [0.1, 0.15) is 18.2 Å². The van der Waals surface area contributed by atoms with E-state index >= 15 is 0 Å². The molecule has 2 aliphatic heterocycles. The Morgan fingerprint density at radius 2 is 2.19 bits per heavy atom. The van der Waals surface area contributed by atoms with Gasteiger partial charge in [-0.3, -0.25) is 10.1 Å². The summed E-state index contributed by atoms with van der Waals surface area (Å²) < 4.78 is 36.4. The molecule has 2 aliphatic rings. The van der Waals surface area contributed by atoms with Gasteiger partial charge in [0.15, 0.2) is 9.84 Å². The number of carbonyl (C=O) groups excluding carboxylic acids is 1. The van der Waals surface area contributed by atoms with Crippen LogP contribution in [0.3, 0.4) is 0 Å². The van der Waals surface area contributed by atoms with Crippen molar-refractivity contribution >= 4 is 15.7 Å². The lowest BCUT2D eigenvalue weighted by Crippen LogP contribution is -2.35. The van der Waals surface area contributed by atoms with Gasteiger partial charge in [-0.1, -0.05) is 12.1 Å². The molecule has 0 radical (unpaired) electrons. The van der Waals surface area contributed by atoms with Gasteiger partial charge < -0.3 is 4.90 Å². The number of carbonyl (C=O) groups is 1. The predicted molar refractivity (Wildman–Crippen MR) is 75.6 cm³/mol. The predicted octanol–water partition coefficient (Wildman–Crippen LogP) is 0.691. The second-order valence-corrected chi connectivity index (χ2v) is 7.88. The van der Waals surface area contributed by atoms with Crippen molar-refractivity contribution in [2.24, 2.45) is 5.92 Å². The van der Waals surface area contributed by atoms with E-state index in [-0.39, 0.29) is 41.9 Å². The molecule has 3 rings (SSSR count). The molecule has 1 amide bonds. The van der Waals surface area contributed by atoms with Crippen molar-refractivity contribution in [1.82, 2.24) is 10.2 Å². The summed E-state index contributed by atoms with van der Waals surface area (Å²) in [6, 6.07) is 6.12. The van der Waals surface area contributed by atoms with Crippen molar-refractivity contribution in [2.45, 2.75) is 12.6 Å². The summed E-state index contributed by atoms with van der Waals surface area (Å²) in [6.07, 6.45) is 0.207. The van der Waals surface area contributed by atoms with Crippen molar-refractivity contribution in [3.05, 3.63) is 35.6 Å². The van der Waals surface area contributed by atoms with Crippen LogP contribution in [0.15, 0.2) is 24.3 Å². The standard InChI is InChI=1S/C14H17FN2O3S/c15-12-3-1-2-11(6-12)14-16-7-13(18)17(14)8-10-4-5-21(19,20)9-10/h1-3,6,10,14,16H,4-5,7-9H2. The lowest BCUT2D eigenvalue weighted by Gasteiger charge is -2.27. The van der Waals surface area contributed by atoms with Crippen LogP contribution in [0, 0.1) is 11.7 Å². The van der Waals surface area contributed by atoms with Crippen molar-refractivity contribution in [2.75, 3.05) is 24.6 Å². The lowest BCUT2D eigenvalue weighted by molar-refractivity contribution is -0.128. The monoisotopic (exact) mass is 312 g/mol. The van der Waals surface area contributed by atoms with Crippen LogP contribution in [0.2, 0.25) is 0 Å². The SMILES string of the molecule is O=C1CNC(c2cccc(F)c2)N1CC1CCS(=O)(=O)C1. The quantitative estimate of drug-likeness (QED) is 0.892. The molecule has 5 nitrogen and oxygen atoms in total. The number of hydrogen-bond acceptors (Lipinski definition) is 4. The molecular weight excluding hydrogens is 295 g/mol. The molecule has 2 heterocycles. The fourth-order valence-corrected chi connectivity index (χ4v) is 4.87. The van der Waals surface area contributed by atoms with E-state index in [0.29, 0.717) is 18.5 Å². The van der Waals surface area contributed by atoms with Crippen molar-refractivity contribution in [1.29, 1.82) is 0 Å². The summed E-state index contributed by atoms with van der Waals surface area (Å²) in [5.74, 6) is -0.134. The van der Waals surface area contributed by atoms with Crippen molar-refractivity contribution < 1.29 is 17.6 Å². The van der Waals surface area contributed by atoms with E-state index in [1.807, 2.05) is 0 Å². The summed E-state index contributed by atoms with van der Waals surface area (Å²) in [4.78, 5) is 13.6. The molecule has 2 unspecified atom stereocenters. The van der Waals surface area contributed by atoms with E-state index in [1.54, 1.807) is 17.0 Å². The highest BCUT2D eigenvalue weighted by molar-refractivity contribution is 7.91. The third kappa shape index (κ3) is 3.08. The Hall–Kier alpha value is -1.47. The number of sulfone groups is 1. The van der Waals surface area contributed by atoms with Crippen molar-refractivity contribution in [3.63, 3.8) is 0 Å². The zero-order valence-electron chi connectivity index (χ0n) is 11.5. The summed E-state index contributed by atoms with van der Waals surface area (Å²) in [7, 11) is -2.96. The minimum Gasteiger partial charge on any atom is -0.322 e. The van der Waals surface area contributed by atoms with Crippen LogP contribution in [-0.2, 0) is 14.6 Å². The second-order valence-electron chi connectivity index (χ2n) is 5.65. The number of halogens is 1. The first-order valence-corrected chi connectivity index (χ1v) is 8.75. The molecule has 1 aromatic carbocycles. The Bertz CT molecular complexity index is 662. The van der Waals surface area contributed by atoms with Gasteiger partial charge in [-0.2, -0.15) is 0 Å². The van der Waals surface area contributed by atoms with Gasteiger partial charge in [0.2, 0.25) is 5.91 Å². The summed E-state index contributed by atoms with van der Waals surface area (Å²) >= 11 is 0. The normalized spacial score (nSPS) is 28.2. The van der Waals surface area contributed by atoms with Crippen molar-refractivity contribution in [3.8, 4) is 0 Å². The first-order chi connectivity index (χ1) is 9.94. The van der Waals surface area contributed by atoms with E-state index in [9.17, 15) is 17.6 Å². The average Bonchev–Trinajstić information content (AvgIpc) is 2.94. The Morgan fingerprint density at radius 1 is 1.38 bits per heavy atom. The average molecular weight is 312 g/mol. The Labute approximate surface area is 123 Å². The summed E-state index contributed by atoms with van der Waals surface area (Å²) in [6.45, 7) is 0.590. The molecule has 21 heavy (non-hydrogen) atoms. The van der Waals surface area contributed by atoms with E-state index < -0.39 is 9.84 Å². The first kappa shape index (κ1) is 14.5. The van der Waals surface area contributed by atoms with E-state index in [2.05, 4.69) is 5.32 Å². The third-order valence-corrected chi connectivity index (χ3v) is 5.86. The largest absolute Gasteiger partial charge is 0.322 e. The van der Waals surface area contributed by atoms with Crippen LogP contribution < -0.4 is 5.32 Å². The van der Waals surface area contributed by atoms with Gasteiger partial charge in [-0.25, -0.2) is 12.8 Å². The Balaban J connectivity index is 1.77. The number of rotatable bonds is 3. The number of amides is 1. The van der Waals surface area contributed by atoms with Crippen LogP contribution in [0.5, 0.6) is 0 Å². The molecule has 2 saturated heterocycles. The molecule has 0 aliphatic carbocycles. The maximum atomic E-state index is 13.3. The van der Waals surface area contributed by atoms with E-state index in [0.717, 1.165) is 0 Å². The fraction of sp³-hybridized carbons (Fsp3) is 0.500. The van der Waals surface area contributed by atoms with Crippen LogP contribution >= 0.6 is 0 Å². The molecule has 1 aromatic rings. The molecule has 7 heteroatoms. The highest BCUT2D eigenvalue weighted by Gasteiger charge is 2.36. The van der Waals surface area contributed by atoms with Gasteiger partial charge in [-0.05, 0) is 30.0 Å². The van der Waals surface area contributed by atoms with Gasteiger partial charge >= 0.3 is 0 Å². The zero-order chi connectivity index (χ0) is 15.0. The number of hydrogen-bond donors (Lipinski definition) is 1. The Kier molecular flexibility index (Phi) is 3.71. The number of nitrogens with zero attached hydrogens (tertiary/aromatic N) is 1. The Morgan fingerprint density at radius 3 is 2.86 bits per heavy atom. The maximum absolute atomic E-state index is 13.3. The second kappa shape index (κ2) is 5.38. The lowest BCUT2D eigenvalue weighted by atomic mass is 10.1. The van der Waals surface area contributed by atoms with Gasteiger partial charge in [-0.15, -0.1) is 0 Å². The first-order valence-electron chi connectivity index (χ1n) is 6.93. The third-order valence-electron chi connectivity index (χ3n) is 4.02. The highest BCUT2D eigenvalue weighted by atomic mass is 32.2. The minimum absolute atomic E-state index is 0.0325. The van der Waals surface area contributed by atoms with Crippen LogP contribution in [-0.4, -0.2) is 43.8 Å². The fourth-order valence-electron chi connectivity index (χ4n) is 3.02. The smallest absolute Gasteiger partial charge is 0.238 e. The molecular formula is C14H17FN2O3S. The number of benzene rings is 1. The number of nitrogens with one attached hydrogen (secondary N) is 1. The van der Waals surface area contributed by atoms with Crippen LogP contribution in [0.4, 0.5) is 4.39 Å². The molecule has 0 saturated carbocycles. The molecule has 114 valence electrons. The van der Waals surface area contributed by atoms with Gasteiger partial charge in [0.25, 0.3) is 0 Å². The van der Waals surface area contributed by atoms with Gasteiger partial charge in [0.05, 0.1) is 18.1 Å². The van der Waals surface area contributed by atoms with E-state index in [4.69, 9.17) is 0 Å². The summed E-state index contributed by atoms with van der Waals surface area (Å²) in [5, 5.41) is 3.05. The molecule has 0 spiro atoms. The van der Waals surface area contributed by atoms with E-state index in [1.165, 1.54) is 12.1 Å². The minimum atomic E-state index is -2.96. The molecule has 2 atom stereocenters. The maximum Gasteiger partial charge on any atom is 0.238 e. The molecule has 0 bridgehead atoms. The molecule has 2 fully saturated rings. The van der Waals surface area contributed by atoms with Gasteiger partial charge in [0.1, 0.15) is 12.0 Å². The highest BCUT2D eigenvalue weighted by Crippen LogP contribution is 2.27. The van der Waals surface area contributed by atoms with Gasteiger partial charge in [0, 0.05) is 6.54 Å². The molecule has 0 aromatic heterocycles. The molecule has 1 N–H and O–H groups in total. The zero-order valence-corrected chi connectivity index (χ0v) is 12.3. The van der Waals surface area contributed by atoms with Crippen LogP contribution in [0.25, 0.3) is 0 Å².